The lowest BCUT2D eigenvalue weighted by Crippen LogP contribution is -2.03. The summed E-state index contributed by atoms with van der Waals surface area (Å²) in [4.78, 5) is 0. The van der Waals surface area contributed by atoms with Gasteiger partial charge in [-0.15, -0.1) is 0 Å². The third-order valence-corrected chi connectivity index (χ3v) is 2.85. The van der Waals surface area contributed by atoms with Crippen molar-refractivity contribution >= 4 is 25.3 Å². The molecule has 1 rings (SSSR count). The van der Waals surface area contributed by atoms with Crippen LogP contribution in [0.3, 0.4) is 0 Å². The first kappa shape index (κ1) is 8.62. The van der Waals surface area contributed by atoms with Gasteiger partial charge in [0.15, 0.2) is 0 Å². The van der Waals surface area contributed by atoms with E-state index in [9.17, 15) is 0 Å². The second-order valence-electron chi connectivity index (χ2n) is 2.65. The van der Waals surface area contributed by atoms with Gasteiger partial charge < -0.3 is 0 Å². The SMILES string of the molecule is CC1=C(C)C(OSBr)CC1. The quantitative estimate of drug-likeness (QED) is 0.523. The highest BCUT2D eigenvalue weighted by Gasteiger charge is 2.20. The summed E-state index contributed by atoms with van der Waals surface area (Å²) in [6.07, 6.45) is 2.70. The first-order valence-corrected chi connectivity index (χ1v) is 5.94. The zero-order chi connectivity index (χ0) is 7.56. The summed E-state index contributed by atoms with van der Waals surface area (Å²) >= 11 is 3.18. The molecule has 0 aromatic heterocycles. The fraction of sp³-hybridized carbons (Fsp3) is 0.714. The third kappa shape index (κ3) is 1.77. The zero-order valence-corrected chi connectivity index (χ0v) is 8.59. The molecule has 0 saturated heterocycles. The molecule has 0 saturated carbocycles. The average Bonchev–Trinajstić information content (AvgIpc) is 2.20. The van der Waals surface area contributed by atoms with Gasteiger partial charge in [0.05, 0.1) is 16.6 Å². The molecule has 1 atom stereocenters. The van der Waals surface area contributed by atoms with Gasteiger partial charge in [0.2, 0.25) is 0 Å². The number of allylic oxidation sites excluding steroid dienone is 1. The molecule has 1 aliphatic rings. The van der Waals surface area contributed by atoms with Gasteiger partial charge in [-0.05, 0) is 32.3 Å². The lowest BCUT2D eigenvalue weighted by molar-refractivity contribution is 0.288. The fourth-order valence-corrected chi connectivity index (χ4v) is 2.08. The highest BCUT2D eigenvalue weighted by Crippen LogP contribution is 2.31. The van der Waals surface area contributed by atoms with Crippen LogP contribution in [0.5, 0.6) is 0 Å². The lowest BCUT2D eigenvalue weighted by atomic mass is 10.2. The van der Waals surface area contributed by atoms with E-state index in [-0.39, 0.29) is 0 Å². The van der Waals surface area contributed by atoms with Crippen LogP contribution in [0.4, 0.5) is 0 Å². The normalized spacial score (nSPS) is 26.1. The van der Waals surface area contributed by atoms with Crippen molar-refractivity contribution in [3.63, 3.8) is 0 Å². The van der Waals surface area contributed by atoms with Gasteiger partial charge >= 0.3 is 0 Å². The first-order chi connectivity index (χ1) is 4.75. The first-order valence-electron chi connectivity index (χ1n) is 3.36. The summed E-state index contributed by atoms with van der Waals surface area (Å²) in [6.45, 7) is 4.33. The summed E-state index contributed by atoms with van der Waals surface area (Å²) in [6, 6.07) is 0. The molecule has 0 spiro atoms. The van der Waals surface area contributed by atoms with Gasteiger partial charge in [-0.25, -0.2) is 0 Å². The Balaban J connectivity index is 2.50. The van der Waals surface area contributed by atoms with Gasteiger partial charge in [0, 0.05) is 14.8 Å². The van der Waals surface area contributed by atoms with Gasteiger partial charge in [-0.3, -0.25) is 4.18 Å². The molecular weight excluding hydrogens is 212 g/mol. The number of hydrogen-bond acceptors (Lipinski definition) is 2. The Labute approximate surface area is 73.6 Å². The summed E-state index contributed by atoms with van der Waals surface area (Å²) in [5.41, 5.74) is 2.90. The molecule has 1 nitrogen and oxygen atoms in total. The second-order valence-corrected chi connectivity index (χ2v) is 3.76. The Bertz CT molecular complexity index is 156. The predicted octanol–water partition coefficient (Wildman–Crippen LogP) is 3.46. The van der Waals surface area contributed by atoms with Crippen molar-refractivity contribution in [1.82, 2.24) is 0 Å². The molecule has 3 heteroatoms. The second kappa shape index (κ2) is 3.79. The summed E-state index contributed by atoms with van der Waals surface area (Å²) in [7, 11) is 1.28. The number of hydrogen-bond donors (Lipinski definition) is 0. The molecule has 0 heterocycles. The van der Waals surface area contributed by atoms with E-state index in [1.54, 1.807) is 0 Å². The van der Waals surface area contributed by atoms with E-state index >= 15 is 0 Å². The summed E-state index contributed by atoms with van der Waals surface area (Å²) in [5, 5.41) is 0. The molecule has 0 N–H and O–H groups in total. The van der Waals surface area contributed by atoms with Crippen molar-refractivity contribution in [2.75, 3.05) is 0 Å². The van der Waals surface area contributed by atoms with E-state index in [1.807, 2.05) is 0 Å². The van der Waals surface area contributed by atoms with Gasteiger partial charge in [-0.2, -0.15) is 0 Å². The molecule has 0 aromatic carbocycles. The molecule has 0 aliphatic heterocycles. The maximum Gasteiger partial charge on any atom is 0.0945 e. The smallest absolute Gasteiger partial charge is 0.0945 e. The molecule has 0 bridgehead atoms. The van der Waals surface area contributed by atoms with E-state index in [0.29, 0.717) is 6.10 Å². The molecule has 10 heavy (non-hydrogen) atoms. The van der Waals surface area contributed by atoms with Gasteiger partial charge in [-0.1, -0.05) is 5.57 Å². The van der Waals surface area contributed by atoms with Crippen LogP contribution in [0, 0.1) is 0 Å². The van der Waals surface area contributed by atoms with Crippen molar-refractivity contribution < 1.29 is 4.18 Å². The molecular formula is C7H11BrOS. The highest BCUT2D eigenvalue weighted by molar-refractivity contribution is 9.49. The van der Waals surface area contributed by atoms with Crippen LogP contribution < -0.4 is 0 Å². The van der Waals surface area contributed by atoms with Crippen LogP contribution in [0.25, 0.3) is 0 Å². The lowest BCUT2D eigenvalue weighted by Gasteiger charge is -2.08. The topological polar surface area (TPSA) is 9.23 Å². The van der Waals surface area contributed by atoms with Crippen molar-refractivity contribution in [3.05, 3.63) is 11.1 Å². The van der Waals surface area contributed by atoms with Crippen LogP contribution in [0.2, 0.25) is 0 Å². The Kier molecular flexibility index (Phi) is 3.27. The third-order valence-electron chi connectivity index (χ3n) is 2.09. The molecule has 0 radical (unpaired) electrons. The van der Waals surface area contributed by atoms with Crippen LogP contribution in [-0.4, -0.2) is 6.10 Å². The minimum Gasteiger partial charge on any atom is -0.297 e. The number of rotatable bonds is 2. The van der Waals surface area contributed by atoms with E-state index in [1.165, 1.54) is 28.0 Å². The zero-order valence-electron chi connectivity index (χ0n) is 6.19. The predicted molar refractivity (Wildman–Crippen MR) is 49.0 cm³/mol. The van der Waals surface area contributed by atoms with Crippen LogP contribution in [-0.2, 0) is 4.18 Å². The maximum absolute atomic E-state index is 5.36. The van der Waals surface area contributed by atoms with E-state index in [0.717, 1.165) is 6.42 Å². The van der Waals surface area contributed by atoms with Crippen molar-refractivity contribution in [3.8, 4) is 0 Å². The molecule has 1 aliphatic carbocycles. The monoisotopic (exact) mass is 222 g/mol. The Morgan fingerprint density at radius 2 is 2.30 bits per heavy atom. The Morgan fingerprint density at radius 1 is 1.60 bits per heavy atom. The molecule has 0 fully saturated rings. The van der Waals surface area contributed by atoms with Gasteiger partial charge in [0.25, 0.3) is 0 Å². The van der Waals surface area contributed by atoms with Crippen molar-refractivity contribution in [2.45, 2.75) is 32.8 Å². The van der Waals surface area contributed by atoms with Crippen molar-refractivity contribution in [2.24, 2.45) is 0 Å². The van der Waals surface area contributed by atoms with Crippen molar-refractivity contribution in [1.29, 1.82) is 0 Å². The minimum absolute atomic E-state index is 0.351. The maximum atomic E-state index is 5.36. The van der Waals surface area contributed by atoms with E-state index < -0.39 is 0 Å². The summed E-state index contributed by atoms with van der Waals surface area (Å²) in [5.74, 6) is 0. The standard InChI is InChI=1S/C7H11BrOS/c1-5-3-4-7(6(5)2)9-10-8/h7H,3-4H2,1-2H3. The fourth-order valence-electron chi connectivity index (χ4n) is 1.20. The minimum atomic E-state index is 0.351. The van der Waals surface area contributed by atoms with Crippen LogP contribution in [0.1, 0.15) is 26.7 Å². The largest absolute Gasteiger partial charge is 0.297 e. The van der Waals surface area contributed by atoms with E-state index in [4.69, 9.17) is 4.18 Å². The molecule has 0 aromatic rings. The summed E-state index contributed by atoms with van der Waals surface area (Å²) < 4.78 is 5.36. The average molecular weight is 223 g/mol. The Hall–Kier alpha value is 0.530. The van der Waals surface area contributed by atoms with Gasteiger partial charge in [0.1, 0.15) is 0 Å². The highest BCUT2D eigenvalue weighted by atomic mass is 79.9. The van der Waals surface area contributed by atoms with Crippen LogP contribution >= 0.6 is 25.3 Å². The molecule has 0 amide bonds. The Morgan fingerprint density at radius 3 is 2.70 bits per heavy atom. The molecule has 58 valence electrons. The van der Waals surface area contributed by atoms with Crippen LogP contribution in [0.15, 0.2) is 11.1 Å². The van der Waals surface area contributed by atoms with E-state index in [2.05, 4.69) is 28.7 Å². The molecule has 1 unspecified atom stereocenters. The number of halogens is 1.